The zero-order valence-corrected chi connectivity index (χ0v) is 5.24. The average molecular weight is 131 g/mol. The first-order valence-corrected chi connectivity index (χ1v) is 2.79. The number of hydrogen-bond donors (Lipinski definition) is 0. The average Bonchev–Trinajstić information content (AvgIpc) is 2.05. The topological polar surface area (TPSA) is 21.4 Å². The Morgan fingerprint density at radius 2 is 2.30 bits per heavy atom. The maximum atomic E-state index is 10.2. The molecule has 0 fully saturated rings. The zero-order chi connectivity index (χ0) is 7.40. The van der Waals surface area contributed by atoms with E-state index in [-0.39, 0.29) is 0 Å². The Hall–Kier alpha value is -1.62. The van der Waals surface area contributed by atoms with Crippen molar-refractivity contribution in [2.45, 2.75) is 0 Å². The lowest BCUT2D eigenvalue weighted by molar-refractivity contribution is 0.112. The monoisotopic (exact) mass is 131 g/mol. The van der Waals surface area contributed by atoms with Crippen LogP contribution in [0, 0.1) is 6.57 Å². The lowest BCUT2D eigenvalue weighted by Crippen LogP contribution is -1.74. The summed E-state index contributed by atoms with van der Waals surface area (Å²) in [4.78, 5) is 13.3. The SMILES string of the molecule is [C-]#[N+]c1cccc(C=O)c1. The summed E-state index contributed by atoms with van der Waals surface area (Å²) in [6.07, 6.45) is 0.731. The van der Waals surface area contributed by atoms with Gasteiger partial charge in [0.2, 0.25) is 0 Å². The van der Waals surface area contributed by atoms with E-state index in [0.29, 0.717) is 11.3 Å². The van der Waals surface area contributed by atoms with Crippen molar-refractivity contribution in [3.05, 3.63) is 41.2 Å². The van der Waals surface area contributed by atoms with E-state index in [4.69, 9.17) is 6.57 Å². The van der Waals surface area contributed by atoms with E-state index in [9.17, 15) is 4.79 Å². The van der Waals surface area contributed by atoms with Crippen LogP contribution in [-0.4, -0.2) is 6.29 Å². The van der Waals surface area contributed by atoms with Gasteiger partial charge in [0.15, 0.2) is 5.69 Å². The molecule has 0 N–H and O–H groups in total. The Balaban J connectivity index is 3.13. The van der Waals surface area contributed by atoms with Crippen molar-refractivity contribution in [3.8, 4) is 0 Å². The molecule has 0 aromatic heterocycles. The number of carbonyl (C=O) groups is 1. The minimum absolute atomic E-state index is 0.504. The van der Waals surface area contributed by atoms with E-state index >= 15 is 0 Å². The molecule has 0 spiro atoms. The molecule has 10 heavy (non-hydrogen) atoms. The summed E-state index contributed by atoms with van der Waals surface area (Å²) >= 11 is 0. The zero-order valence-electron chi connectivity index (χ0n) is 5.24. The molecular formula is C8H5NO. The number of aldehydes is 1. The third-order valence-electron chi connectivity index (χ3n) is 1.14. The molecule has 0 amide bonds. The molecule has 1 rings (SSSR count). The largest absolute Gasteiger partial charge is 0.298 e. The van der Waals surface area contributed by atoms with E-state index in [1.165, 1.54) is 0 Å². The molecule has 0 atom stereocenters. The van der Waals surface area contributed by atoms with Gasteiger partial charge in [-0.25, -0.2) is 4.85 Å². The standard InChI is InChI=1S/C8H5NO/c1-9-8-4-2-3-7(5-8)6-10/h2-6H. The van der Waals surface area contributed by atoms with Gasteiger partial charge in [0.1, 0.15) is 6.29 Å². The van der Waals surface area contributed by atoms with Crippen molar-refractivity contribution in [1.82, 2.24) is 0 Å². The van der Waals surface area contributed by atoms with Crippen LogP contribution in [0.5, 0.6) is 0 Å². The Morgan fingerprint density at radius 1 is 1.50 bits per heavy atom. The summed E-state index contributed by atoms with van der Waals surface area (Å²) in [6, 6.07) is 6.58. The third kappa shape index (κ3) is 1.20. The van der Waals surface area contributed by atoms with E-state index < -0.39 is 0 Å². The number of benzene rings is 1. The molecule has 0 saturated heterocycles. The fourth-order valence-electron chi connectivity index (χ4n) is 0.668. The molecular weight excluding hydrogens is 126 g/mol. The second-order valence-corrected chi connectivity index (χ2v) is 1.82. The molecule has 0 aliphatic heterocycles. The highest BCUT2D eigenvalue weighted by Crippen LogP contribution is 2.11. The fraction of sp³-hybridized carbons (Fsp3) is 0. The minimum Gasteiger partial charge on any atom is -0.298 e. The van der Waals surface area contributed by atoms with Crippen LogP contribution < -0.4 is 0 Å². The van der Waals surface area contributed by atoms with Crippen LogP contribution in [0.2, 0.25) is 0 Å². The molecule has 2 heteroatoms. The molecule has 1 aromatic rings. The van der Waals surface area contributed by atoms with Gasteiger partial charge in [-0.1, -0.05) is 18.2 Å². The van der Waals surface area contributed by atoms with Gasteiger partial charge in [-0.05, 0) is 6.07 Å². The van der Waals surface area contributed by atoms with Crippen molar-refractivity contribution < 1.29 is 4.79 Å². The minimum atomic E-state index is 0.504. The lowest BCUT2D eigenvalue weighted by Gasteiger charge is -1.88. The normalized spacial score (nSPS) is 8.30. The fourth-order valence-corrected chi connectivity index (χ4v) is 0.668. The number of carbonyl (C=O) groups excluding carboxylic acids is 1. The van der Waals surface area contributed by atoms with Crippen LogP contribution in [0.3, 0.4) is 0 Å². The quantitative estimate of drug-likeness (QED) is 0.422. The van der Waals surface area contributed by atoms with E-state index in [0.717, 1.165) is 6.29 Å². The molecule has 0 aliphatic rings. The second-order valence-electron chi connectivity index (χ2n) is 1.82. The molecule has 1 aromatic carbocycles. The predicted molar refractivity (Wildman–Crippen MR) is 38.1 cm³/mol. The van der Waals surface area contributed by atoms with Gasteiger partial charge in [-0.15, -0.1) is 0 Å². The van der Waals surface area contributed by atoms with Gasteiger partial charge in [0.05, 0.1) is 6.57 Å². The van der Waals surface area contributed by atoms with Crippen LogP contribution in [0.25, 0.3) is 4.85 Å². The van der Waals surface area contributed by atoms with Gasteiger partial charge >= 0.3 is 0 Å². The van der Waals surface area contributed by atoms with E-state index in [1.807, 2.05) is 0 Å². The summed E-state index contributed by atoms with van der Waals surface area (Å²) in [5.41, 5.74) is 1.05. The second kappa shape index (κ2) is 2.79. The first kappa shape index (κ1) is 6.50. The predicted octanol–water partition coefficient (Wildman–Crippen LogP) is 2.05. The number of rotatable bonds is 1. The van der Waals surface area contributed by atoms with Crippen LogP contribution >= 0.6 is 0 Å². The summed E-state index contributed by atoms with van der Waals surface area (Å²) in [7, 11) is 0. The van der Waals surface area contributed by atoms with Gasteiger partial charge in [-0.2, -0.15) is 0 Å². The van der Waals surface area contributed by atoms with Crippen molar-refractivity contribution in [2.24, 2.45) is 0 Å². The van der Waals surface area contributed by atoms with Crippen LogP contribution in [0.1, 0.15) is 10.4 Å². The molecule has 0 aliphatic carbocycles. The number of nitrogens with zero attached hydrogens (tertiary/aromatic N) is 1. The maximum Gasteiger partial charge on any atom is 0.187 e. The molecule has 2 nitrogen and oxygen atoms in total. The van der Waals surface area contributed by atoms with E-state index in [1.54, 1.807) is 24.3 Å². The first-order valence-electron chi connectivity index (χ1n) is 2.79. The van der Waals surface area contributed by atoms with Gasteiger partial charge in [0, 0.05) is 5.56 Å². The van der Waals surface area contributed by atoms with Gasteiger partial charge < -0.3 is 0 Å². The highest BCUT2D eigenvalue weighted by atomic mass is 16.1. The Labute approximate surface area is 58.9 Å². The first-order chi connectivity index (χ1) is 4.86. The van der Waals surface area contributed by atoms with Crippen LogP contribution in [0.15, 0.2) is 24.3 Å². The maximum absolute atomic E-state index is 10.2. The Kier molecular flexibility index (Phi) is 1.81. The van der Waals surface area contributed by atoms with Crippen molar-refractivity contribution in [3.63, 3.8) is 0 Å². The van der Waals surface area contributed by atoms with Gasteiger partial charge in [0.25, 0.3) is 0 Å². The summed E-state index contributed by atoms with van der Waals surface area (Å²) < 4.78 is 0. The Bertz CT molecular complexity index is 286. The third-order valence-corrected chi connectivity index (χ3v) is 1.14. The van der Waals surface area contributed by atoms with Crippen molar-refractivity contribution >= 4 is 12.0 Å². The summed E-state index contributed by atoms with van der Waals surface area (Å²) in [5, 5.41) is 0. The molecule has 0 heterocycles. The molecule has 48 valence electrons. The molecule has 0 saturated carbocycles. The Morgan fingerprint density at radius 3 is 2.90 bits per heavy atom. The smallest absolute Gasteiger partial charge is 0.187 e. The molecule has 0 unspecified atom stereocenters. The van der Waals surface area contributed by atoms with Gasteiger partial charge in [-0.3, -0.25) is 4.79 Å². The molecule has 0 radical (unpaired) electrons. The van der Waals surface area contributed by atoms with Crippen molar-refractivity contribution in [1.29, 1.82) is 0 Å². The highest BCUT2D eigenvalue weighted by Gasteiger charge is 1.90. The molecule has 0 bridgehead atoms. The van der Waals surface area contributed by atoms with Crippen LogP contribution in [0.4, 0.5) is 5.69 Å². The number of hydrogen-bond acceptors (Lipinski definition) is 1. The highest BCUT2D eigenvalue weighted by molar-refractivity contribution is 5.76. The van der Waals surface area contributed by atoms with E-state index in [2.05, 4.69) is 4.85 Å². The summed E-state index contributed by atoms with van der Waals surface area (Å²) in [5.74, 6) is 0. The summed E-state index contributed by atoms with van der Waals surface area (Å²) in [6.45, 7) is 6.62. The lowest BCUT2D eigenvalue weighted by atomic mass is 10.2. The van der Waals surface area contributed by atoms with Crippen LogP contribution in [-0.2, 0) is 0 Å². The van der Waals surface area contributed by atoms with Crippen molar-refractivity contribution in [2.75, 3.05) is 0 Å².